The predicted molar refractivity (Wildman–Crippen MR) is 74.0 cm³/mol. The summed E-state index contributed by atoms with van der Waals surface area (Å²) < 4.78 is 39.9. The summed E-state index contributed by atoms with van der Waals surface area (Å²) in [7, 11) is -4.05. The number of ether oxygens (including phenoxy) is 2. The molecule has 0 spiro atoms. The van der Waals surface area contributed by atoms with Crippen LogP contribution in [0.1, 0.15) is 39.0 Å². The lowest BCUT2D eigenvalue weighted by molar-refractivity contribution is -0.156. The molecule has 0 amide bonds. The van der Waals surface area contributed by atoms with Crippen molar-refractivity contribution < 1.29 is 27.2 Å². The standard InChI is InChI=1S/C13H22O6S/c1-11(10-18-8-9-20(15,16)17)12(14)19-13(2)6-4-3-5-7-13/h1,3-10H2,2H3,(H,15,16,17). The van der Waals surface area contributed by atoms with Gasteiger partial charge >= 0.3 is 5.97 Å². The third-order valence-corrected chi connectivity index (χ3v) is 3.98. The molecule has 0 aromatic rings. The first-order chi connectivity index (χ1) is 9.22. The van der Waals surface area contributed by atoms with Crippen molar-refractivity contribution in [1.82, 2.24) is 0 Å². The van der Waals surface area contributed by atoms with Crippen molar-refractivity contribution in [1.29, 1.82) is 0 Å². The summed E-state index contributed by atoms with van der Waals surface area (Å²) in [5.41, 5.74) is -0.292. The van der Waals surface area contributed by atoms with Gasteiger partial charge < -0.3 is 9.47 Å². The maximum Gasteiger partial charge on any atom is 0.336 e. The van der Waals surface area contributed by atoms with E-state index in [1.54, 1.807) is 0 Å². The third kappa shape index (κ3) is 6.49. The Morgan fingerprint density at radius 2 is 1.90 bits per heavy atom. The van der Waals surface area contributed by atoms with Crippen LogP contribution in [0.2, 0.25) is 0 Å². The maximum atomic E-state index is 11.8. The lowest BCUT2D eigenvalue weighted by Gasteiger charge is -2.33. The quantitative estimate of drug-likeness (QED) is 0.333. The van der Waals surface area contributed by atoms with Crippen LogP contribution < -0.4 is 0 Å². The van der Waals surface area contributed by atoms with E-state index in [1.165, 1.54) is 0 Å². The number of hydrogen-bond acceptors (Lipinski definition) is 5. The fourth-order valence-electron chi connectivity index (χ4n) is 2.12. The van der Waals surface area contributed by atoms with Gasteiger partial charge in [0.1, 0.15) is 5.60 Å². The van der Waals surface area contributed by atoms with Crippen LogP contribution in [-0.2, 0) is 24.4 Å². The minimum absolute atomic E-state index is 0.107. The fraction of sp³-hybridized carbons (Fsp3) is 0.769. The molecule has 0 bridgehead atoms. The van der Waals surface area contributed by atoms with Gasteiger partial charge in [-0.1, -0.05) is 13.0 Å². The monoisotopic (exact) mass is 306 g/mol. The second kappa shape index (κ2) is 7.19. The number of carbonyl (C=O) groups is 1. The van der Waals surface area contributed by atoms with Gasteiger partial charge in [0.15, 0.2) is 0 Å². The molecule has 20 heavy (non-hydrogen) atoms. The highest BCUT2D eigenvalue weighted by Crippen LogP contribution is 2.31. The number of carbonyl (C=O) groups excluding carboxylic acids is 1. The molecule has 1 aliphatic rings. The highest BCUT2D eigenvalue weighted by Gasteiger charge is 2.31. The molecule has 7 heteroatoms. The Morgan fingerprint density at radius 1 is 1.30 bits per heavy atom. The van der Waals surface area contributed by atoms with Crippen molar-refractivity contribution in [3.05, 3.63) is 12.2 Å². The zero-order valence-electron chi connectivity index (χ0n) is 11.8. The Kier molecular flexibility index (Phi) is 6.16. The van der Waals surface area contributed by atoms with E-state index in [9.17, 15) is 13.2 Å². The number of esters is 1. The molecule has 0 unspecified atom stereocenters. The summed E-state index contributed by atoms with van der Waals surface area (Å²) in [6, 6.07) is 0. The van der Waals surface area contributed by atoms with Gasteiger partial charge in [-0.2, -0.15) is 8.42 Å². The molecule has 1 aliphatic carbocycles. The first-order valence-corrected chi connectivity index (χ1v) is 8.27. The van der Waals surface area contributed by atoms with Gasteiger partial charge in [-0.15, -0.1) is 0 Å². The minimum Gasteiger partial charge on any atom is -0.456 e. The Balaban J connectivity index is 2.30. The molecule has 0 saturated heterocycles. The van der Waals surface area contributed by atoms with Crippen LogP contribution in [-0.4, -0.2) is 43.5 Å². The van der Waals surface area contributed by atoms with Gasteiger partial charge in [0, 0.05) is 0 Å². The minimum atomic E-state index is -4.05. The normalized spacial score (nSPS) is 18.5. The SMILES string of the molecule is C=C(COCCS(=O)(=O)O)C(=O)OC1(C)CCCCC1. The predicted octanol–water partition coefficient (Wildman–Crippen LogP) is 1.71. The lowest BCUT2D eigenvalue weighted by Crippen LogP contribution is -2.34. The van der Waals surface area contributed by atoms with Crippen LogP contribution in [0.5, 0.6) is 0 Å². The largest absolute Gasteiger partial charge is 0.456 e. The Hall–Kier alpha value is -0.920. The zero-order valence-corrected chi connectivity index (χ0v) is 12.6. The van der Waals surface area contributed by atoms with Crippen molar-refractivity contribution >= 4 is 16.1 Å². The van der Waals surface area contributed by atoms with Gasteiger partial charge in [0.2, 0.25) is 0 Å². The topological polar surface area (TPSA) is 89.9 Å². The van der Waals surface area contributed by atoms with Crippen molar-refractivity contribution in [3.8, 4) is 0 Å². The molecule has 1 saturated carbocycles. The molecule has 0 heterocycles. The van der Waals surface area contributed by atoms with Crippen LogP contribution in [0.3, 0.4) is 0 Å². The summed E-state index contributed by atoms with van der Waals surface area (Å²) >= 11 is 0. The van der Waals surface area contributed by atoms with E-state index < -0.39 is 27.4 Å². The second-order valence-electron chi connectivity index (χ2n) is 5.34. The average Bonchev–Trinajstić information content (AvgIpc) is 2.33. The Labute approximate surface area is 119 Å². The first-order valence-electron chi connectivity index (χ1n) is 6.66. The van der Waals surface area contributed by atoms with E-state index in [0.717, 1.165) is 32.1 Å². The van der Waals surface area contributed by atoms with Gasteiger partial charge in [-0.3, -0.25) is 4.55 Å². The third-order valence-electron chi connectivity index (χ3n) is 3.30. The molecule has 0 aromatic heterocycles. The number of rotatable bonds is 7. The molecule has 116 valence electrons. The van der Waals surface area contributed by atoms with Crippen molar-refractivity contribution in [2.24, 2.45) is 0 Å². The molecule has 6 nitrogen and oxygen atoms in total. The van der Waals surface area contributed by atoms with Crippen LogP contribution in [0.25, 0.3) is 0 Å². The molecule has 1 rings (SSSR count). The molecule has 0 atom stereocenters. The van der Waals surface area contributed by atoms with E-state index in [-0.39, 0.29) is 18.8 Å². The molecular formula is C13H22O6S. The summed E-state index contributed by atoms with van der Waals surface area (Å²) in [5.74, 6) is -1.02. The summed E-state index contributed by atoms with van der Waals surface area (Å²) in [6.07, 6.45) is 4.93. The molecule has 0 radical (unpaired) electrons. The summed E-state index contributed by atoms with van der Waals surface area (Å²) in [6.45, 7) is 5.19. The van der Waals surface area contributed by atoms with Gasteiger partial charge in [-0.05, 0) is 32.6 Å². The molecule has 1 fully saturated rings. The zero-order chi connectivity index (χ0) is 15.2. The Morgan fingerprint density at radius 3 is 2.45 bits per heavy atom. The molecule has 0 aliphatic heterocycles. The molecular weight excluding hydrogens is 284 g/mol. The van der Waals surface area contributed by atoms with E-state index in [1.807, 2.05) is 6.92 Å². The van der Waals surface area contributed by atoms with Crippen molar-refractivity contribution in [2.75, 3.05) is 19.0 Å². The highest BCUT2D eigenvalue weighted by molar-refractivity contribution is 7.85. The maximum absolute atomic E-state index is 11.8. The first kappa shape index (κ1) is 17.1. The van der Waals surface area contributed by atoms with E-state index in [2.05, 4.69) is 6.58 Å². The lowest BCUT2D eigenvalue weighted by atomic mass is 9.86. The fourth-order valence-corrected chi connectivity index (χ4v) is 2.44. The van der Waals surface area contributed by atoms with Crippen LogP contribution in [0, 0.1) is 0 Å². The Bertz CT molecular complexity index is 447. The van der Waals surface area contributed by atoms with Gasteiger partial charge in [0.05, 0.1) is 24.5 Å². The van der Waals surface area contributed by atoms with Crippen molar-refractivity contribution in [2.45, 2.75) is 44.6 Å². The van der Waals surface area contributed by atoms with E-state index in [4.69, 9.17) is 14.0 Å². The average molecular weight is 306 g/mol. The van der Waals surface area contributed by atoms with Gasteiger partial charge in [0.25, 0.3) is 10.1 Å². The van der Waals surface area contributed by atoms with Gasteiger partial charge in [-0.25, -0.2) is 4.79 Å². The van der Waals surface area contributed by atoms with Crippen molar-refractivity contribution in [3.63, 3.8) is 0 Å². The van der Waals surface area contributed by atoms with Crippen LogP contribution in [0.15, 0.2) is 12.2 Å². The van der Waals surface area contributed by atoms with E-state index in [0.29, 0.717) is 0 Å². The smallest absolute Gasteiger partial charge is 0.336 e. The summed E-state index contributed by atoms with van der Waals surface area (Å²) in [5, 5.41) is 0. The van der Waals surface area contributed by atoms with Crippen LogP contribution >= 0.6 is 0 Å². The molecule has 1 N–H and O–H groups in total. The molecule has 0 aromatic carbocycles. The highest BCUT2D eigenvalue weighted by atomic mass is 32.2. The van der Waals surface area contributed by atoms with E-state index >= 15 is 0 Å². The van der Waals surface area contributed by atoms with Crippen LogP contribution in [0.4, 0.5) is 0 Å². The second-order valence-corrected chi connectivity index (χ2v) is 6.91. The summed E-state index contributed by atoms with van der Waals surface area (Å²) in [4.78, 5) is 11.8. The number of hydrogen-bond donors (Lipinski definition) is 1.